The highest BCUT2D eigenvalue weighted by molar-refractivity contribution is 5.49. The van der Waals surface area contributed by atoms with Gasteiger partial charge >= 0.3 is 0 Å². The van der Waals surface area contributed by atoms with E-state index in [1.807, 2.05) is 32.3 Å². The molecule has 1 unspecified atom stereocenters. The molecule has 0 aromatic heterocycles. The van der Waals surface area contributed by atoms with Gasteiger partial charge in [-0.2, -0.15) is 0 Å². The smallest absolute Gasteiger partial charge is 0.121 e. The molecule has 0 amide bonds. The minimum absolute atomic E-state index is 0.0861. The van der Waals surface area contributed by atoms with E-state index in [4.69, 9.17) is 10.5 Å². The van der Waals surface area contributed by atoms with Gasteiger partial charge in [-0.15, -0.1) is 0 Å². The number of nitrogens with zero attached hydrogens (tertiary/aromatic N) is 1. The van der Waals surface area contributed by atoms with Gasteiger partial charge in [-0.25, -0.2) is 0 Å². The van der Waals surface area contributed by atoms with Crippen LogP contribution in [0.3, 0.4) is 0 Å². The lowest BCUT2D eigenvalue weighted by Gasteiger charge is -2.18. The zero-order chi connectivity index (χ0) is 12.1. The first-order valence-corrected chi connectivity index (χ1v) is 5.66. The summed E-state index contributed by atoms with van der Waals surface area (Å²) in [5.41, 5.74) is 7.06. The van der Waals surface area contributed by atoms with Gasteiger partial charge in [0.05, 0.1) is 0 Å². The average Bonchev–Trinajstić information content (AvgIpc) is 2.26. The minimum atomic E-state index is 0.0861. The molecule has 0 bridgehead atoms. The van der Waals surface area contributed by atoms with E-state index in [0.29, 0.717) is 12.5 Å². The third kappa shape index (κ3) is 3.74. The van der Waals surface area contributed by atoms with Gasteiger partial charge in [-0.3, -0.25) is 0 Å². The number of nitrogens with two attached hydrogens (primary N) is 1. The Morgan fingerprint density at radius 1 is 1.31 bits per heavy atom. The Hall–Kier alpha value is -1.22. The Labute approximate surface area is 98.2 Å². The second-order valence-electron chi connectivity index (χ2n) is 4.61. The number of rotatable bonds is 5. The second kappa shape index (κ2) is 5.75. The van der Waals surface area contributed by atoms with Gasteiger partial charge in [0, 0.05) is 31.9 Å². The molecule has 2 N–H and O–H groups in total. The number of benzene rings is 1. The Balaban J connectivity index is 2.57. The van der Waals surface area contributed by atoms with Gasteiger partial charge in [0.25, 0.3) is 0 Å². The van der Waals surface area contributed by atoms with Crippen LogP contribution >= 0.6 is 0 Å². The summed E-state index contributed by atoms with van der Waals surface area (Å²) in [6.07, 6.45) is 0. The van der Waals surface area contributed by atoms with Crippen molar-refractivity contribution in [3.8, 4) is 5.75 Å². The largest absolute Gasteiger partial charge is 0.492 e. The lowest BCUT2D eigenvalue weighted by atomic mass is 10.1. The molecule has 0 heterocycles. The molecule has 0 spiro atoms. The Morgan fingerprint density at radius 3 is 2.56 bits per heavy atom. The lowest BCUT2D eigenvalue weighted by Crippen LogP contribution is -2.33. The van der Waals surface area contributed by atoms with Crippen molar-refractivity contribution in [2.45, 2.75) is 19.9 Å². The molecule has 0 saturated heterocycles. The maximum atomic E-state index is 5.93. The van der Waals surface area contributed by atoms with Gasteiger partial charge in [-0.05, 0) is 18.1 Å². The summed E-state index contributed by atoms with van der Waals surface area (Å²) >= 11 is 0. The van der Waals surface area contributed by atoms with Crippen molar-refractivity contribution in [3.05, 3.63) is 24.3 Å². The molecule has 0 fully saturated rings. The molecule has 0 aliphatic rings. The molecule has 3 heteroatoms. The molecule has 3 nitrogen and oxygen atoms in total. The molecular weight excluding hydrogens is 200 g/mol. The van der Waals surface area contributed by atoms with Crippen LogP contribution in [0.1, 0.15) is 13.8 Å². The van der Waals surface area contributed by atoms with Crippen molar-refractivity contribution in [1.29, 1.82) is 0 Å². The molecular formula is C13H22N2O. The zero-order valence-electron chi connectivity index (χ0n) is 10.6. The highest BCUT2D eigenvalue weighted by Gasteiger charge is 2.08. The maximum absolute atomic E-state index is 5.93. The SMILES string of the molecule is CC(C)C(N)COc1cccc(N(C)C)c1. The summed E-state index contributed by atoms with van der Waals surface area (Å²) in [6, 6.07) is 8.11. The fourth-order valence-electron chi connectivity index (χ4n) is 1.24. The summed E-state index contributed by atoms with van der Waals surface area (Å²) in [6.45, 7) is 4.77. The van der Waals surface area contributed by atoms with E-state index in [1.54, 1.807) is 0 Å². The molecule has 1 atom stereocenters. The Kier molecular flexibility index (Phi) is 4.62. The van der Waals surface area contributed by atoms with Crippen LogP contribution in [0.5, 0.6) is 5.75 Å². The van der Waals surface area contributed by atoms with Crippen LogP contribution in [0.15, 0.2) is 24.3 Å². The highest BCUT2D eigenvalue weighted by Crippen LogP contribution is 2.19. The van der Waals surface area contributed by atoms with E-state index in [1.165, 1.54) is 0 Å². The Morgan fingerprint density at radius 2 is 2.00 bits per heavy atom. The minimum Gasteiger partial charge on any atom is -0.492 e. The monoisotopic (exact) mass is 222 g/mol. The van der Waals surface area contributed by atoms with Gasteiger partial charge in [0.2, 0.25) is 0 Å². The summed E-state index contributed by atoms with van der Waals surface area (Å²) in [7, 11) is 4.03. The second-order valence-corrected chi connectivity index (χ2v) is 4.61. The van der Waals surface area contributed by atoms with E-state index >= 15 is 0 Å². The normalized spacial score (nSPS) is 12.6. The predicted octanol–water partition coefficient (Wildman–Crippen LogP) is 2.11. The van der Waals surface area contributed by atoms with Gasteiger partial charge in [0.15, 0.2) is 0 Å². The van der Waals surface area contributed by atoms with Crippen LogP contribution in [-0.2, 0) is 0 Å². The third-order valence-corrected chi connectivity index (χ3v) is 2.63. The van der Waals surface area contributed by atoms with Crippen molar-refractivity contribution in [3.63, 3.8) is 0 Å². The third-order valence-electron chi connectivity index (χ3n) is 2.63. The zero-order valence-corrected chi connectivity index (χ0v) is 10.6. The van der Waals surface area contributed by atoms with Crippen molar-refractivity contribution >= 4 is 5.69 Å². The number of anilines is 1. The van der Waals surface area contributed by atoms with Crippen LogP contribution in [0.25, 0.3) is 0 Å². The van der Waals surface area contributed by atoms with E-state index in [9.17, 15) is 0 Å². The summed E-state index contributed by atoms with van der Waals surface area (Å²) in [4.78, 5) is 2.05. The quantitative estimate of drug-likeness (QED) is 0.829. The Bertz CT molecular complexity index is 323. The number of hydrogen-bond acceptors (Lipinski definition) is 3. The maximum Gasteiger partial charge on any atom is 0.121 e. The van der Waals surface area contributed by atoms with Crippen molar-refractivity contribution in [2.24, 2.45) is 11.7 Å². The van der Waals surface area contributed by atoms with E-state index < -0.39 is 0 Å². The molecule has 1 rings (SSSR count). The summed E-state index contributed by atoms with van der Waals surface area (Å²) < 4.78 is 5.67. The summed E-state index contributed by atoms with van der Waals surface area (Å²) in [5.74, 6) is 1.32. The first-order chi connectivity index (χ1) is 7.50. The molecule has 0 aliphatic carbocycles. The van der Waals surface area contributed by atoms with E-state index in [0.717, 1.165) is 11.4 Å². The van der Waals surface area contributed by atoms with Crippen LogP contribution < -0.4 is 15.4 Å². The van der Waals surface area contributed by atoms with Crippen LogP contribution in [0.4, 0.5) is 5.69 Å². The van der Waals surface area contributed by atoms with Crippen LogP contribution in [0.2, 0.25) is 0 Å². The molecule has 0 saturated carbocycles. The van der Waals surface area contributed by atoms with Crippen molar-refractivity contribution in [1.82, 2.24) is 0 Å². The molecule has 1 aromatic rings. The highest BCUT2D eigenvalue weighted by atomic mass is 16.5. The predicted molar refractivity (Wildman–Crippen MR) is 69.1 cm³/mol. The molecule has 0 radical (unpaired) electrons. The number of ether oxygens (including phenoxy) is 1. The van der Waals surface area contributed by atoms with Gasteiger partial charge < -0.3 is 15.4 Å². The first kappa shape index (κ1) is 12.8. The molecule has 0 aliphatic heterocycles. The number of hydrogen-bond donors (Lipinski definition) is 1. The van der Waals surface area contributed by atoms with Gasteiger partial charge in [-0.1, -0.05) is 19.9 Å². The van der Waals surface area contributed by atoms with Crippen molar-refractivity contribution in [2.75, 3.05) is 25.6 Å². The molecule has 16 heavy (non-hydrogen) atoms. The summed E-state index contributed by atoms with van der Waals surface area (Å²) in [5, 5.41) is 0. The van der Waals surface area contributed by atoms with Crippen LogP contribution in [0, 0.1) is 5.92 Å². The van der Waals surface area contributed by atoms with E-state index in [-0.39, 0.29) is 6.04 Å². The fourth-order valence-corrected chi connectivity index (χ4v) is 1.24. The standard InChI is InChI=1S/C13H22N2O/c1-10(2)13(14)9-16-12-7-5-6-11(8-12)15(3)4/h5-8,10,13H,9,14H2,1-4H3. The molecule has 90 valence electrons. The van der Waals surface area contributed by atoms with Crippen molar-refractivity contribution < 1.29 is 4.74 Å². The van der Waals surface area contributed by atoms with E-state index in [2.05, 4.69) is 24.8 Å². The molecule has 1 aromatic carbocycles. The lowest BCUT2D eigenvalue weighted by molar-refractivity contribution is 0.259. The fraction of sp³-hybridized carbons (Fsp3) is 0.538. The van der Waals surface area contributed by atoms with Gasteiger partial charge in [0.1, 0.15) is 12.4 Å². The first-order valence-electron chi connectivity index (χ1n) is 5.66. The van der Waals surface area contributed by atoms with Crippen LogP contribution in [-0.4, -0.2) is 26.7 Å². The topological polar surface area (TPSA) is 38.5 Å². The average molecular weight is 222 g/mol.